The number of nitrogens with zero attached hydrogens (tertiary/aromatic N) is 2. The van der Waals surface area contributed by atoms with Crippen LogP contribution in [0.15, 0.2) is 29.3 Å². The van der Waals surface area contributed by atoms with Crippen molar-refractivity contribution >= 4 is 5.96 Å². The molecular formula is C21H35FN4O2. The summed E-state index contributed by atoms with van der Waals surface area (Å²) in [6.45, 7) is 10.6. The second-order valence-corrected chi connectivity index (χ2v) is 7.54. The van der Waals surface area contributed by atoms with Crippen molar-refractivity contribution < 1.29 is 13.9 Å². The lowest BCUT2D eigenvalue weighted by atomic mass is 10.2. The Labute approximate surface area is 168 Å². The van der Waals surface area contributed by atoms with E-state index in [1.165, 1.54) is 12.1 Å². The quantitative estimate of drug-likeness (QED) is 0.363. The summed E-state index contributed by atoms with van der Waals surface area (Å²) in [5.41, 5.74) is 0. The third-order valence-corrected chi connectivity index (χ3v) is 4.51. The predicted octanol–water partition coefficient (Wildman–Crippen LogP) is 2.51. The number of morpholine rings is 1. The third kappa shape index (κ3) is 8.89. The van der Waals surface area contributed by atoms with E-state index >= 15 is 0 Å². The average Bonchev–Trinajstić information content (AvgIpc) is 2.68. The van der Waals surface area contributed by atoms with Crippen molar-refractivity contribution in [3.8, 4) is 5.75 Å². The van der Waals surface area contributed by atoms with Crippen molar-refractivity contribution in [2.45, 2.75) is 32.8 Å². The first-order chi connectivity index (χ1) is 13.6. The highest BCUT2D eigenvalue weighted by Gasteiger charge is 2.20. The summed E-state index contributed by atoms with van der Waals surface area (Å²) in [6, 6.07) is 6.11. The molecule has 28 heavy (non-hydrogen) atoms. The maximum Gasteiger partial charge on any atom is 0.191 e. The summed E-state index contributed by atoms with van der Waals surface area (Å²) >= 11 is 0. The van der Waals surface area contributed by atoms with Gasteiger partial charge < -0.3 is 20.1 Å². The normalized spacial score (nSPS) is 18.3. The Morgan fingerprint density at radius 2 is 2.07 bits per heavy atom. The van der Waals surface area contributed by atoms with E-state index in [0.29, 0.717) is 18.3 Å². The Morgan fingerprint density at radius 1 is 1.29 bits per heavy atom. The Bertz CT molecular complexity index is 580. The maximum absolute atomic E-state index is 12.8. The van der Waals surface area contributed by atoms with Crippen LogP contribution in [-0.2, 0) is 4.74 Å². The number of guanidine groups is 1. The molecule has 1 aliphatic heterocycles. The molecule has 1 aromatic rings. The summed E-state index contributed by atoms with van der Waals surface area (Å²) in [7, 11) is 1.78. The number of ether oxygens (including phenoxy) is 2. The first-order valence-corrected chi connectivity index (χ1v) is 10.2. The van der Waals surface area contributed by atoms with Gasteiger partial charge in [-0.15, -0.1) is 0 Å². The standard InChI is InChI=1S/C21H35FN4O2/c1-17(2)15-26-11-13-28-20(16-26)14-25-21(23-3)24-10-4-5-12-27-19-8-6-18(22)7-9-19/h6-9,17,20H,4-5,10-16H2,1-3H3,(H2,23,24,25). The van der Waals surface area contributed by atoms with Crippen molar-refractivity contribution in [2.24, 2.45) is 10.9 Å². The summed E-state index contributed by atoms with van der Waals surface area (Å²) < 4.78 is 24.3. The molecule has 0 saturated carbocycles. The Balaban J connectivity index is 1.55. The van der Waals surface area contributed by atoms with Crippen LogP contribution in [0.25, 0.3) is 0 Å². The molecule has 0 amide bonds. The highest BCUT2D eigenvalue weighted by molar-refractivity contribution is 5.79. The van der Waals surface area contributed by atoms with Gasteiger partial charge in [0.1, 0.15) is 11.6 Å². The van der Waals surface area contributed by atoms with Crippen molar-refractivity contribution in [3.63, 3.8) is 0 Å². The van der Waals surface area contributed by atoms with E-state index in [-0.39, 0.29) is 11.9 Å². The SMILES string of the molecule is CN=C(NCCCCOc1ccc(F)cc1)NCC1CN(CC(C)C)CCO1. The van der Waals surface area contributed by atoms with Crippen LogP contribution >= 0.6 is 0 Å². The number of unbranched alkanes of at least 4 members (excludes halogenated alkanes) is 1. The number of benzene rings is 1. The minimum Gasteiger partial charge on any atom is -0.494 e. The van der Waals surface area contributed by atoms with E-state index in [1.54, 1.807) is 19.2 Å². The second kappa shape index (κ2) is 12.6. The van der Waals surface area contributed by atoms with E-state index < -0.39 is 0 Å². The van der Waals surface area contributed by atoms with E-state index in [4.69, 9.17) is 9.47 Å². The van der Waals surface area contributed by atoms with Crippen LogP contribution in [0.4, 0.5) is 4.39 Å². The van der Waals surface area contributed by atoms with Gasteiger partial charge in [0.15, 0.2) is 5.96 Å². The predicted molar refractivity (Wildman–Crippen MR) is 112 cm³/mol. The molecule has 0 bridgehead atoms. The van der Waals surface area contributed by atoms with Crippen molar-refractivity contribution in [3.05, 3.63) is 30.1 Å². The summed E-state index contributed by atoms with van der Waals surface area (Å²) in [5, 5.41) is 6.68. The molecule has 2 rings (SSSR count). The zero-order valence-corrected chi connectivity index (χ0v) is 17.4. The number of hydrogen-bond acceptors (Lipinski definition) is 4. The second-order valence-electron chi connectivity index (χ2n) is 7.54. The lowest BCUT2D eigenvalue weighted by Crippen LogP contribution is -2.50. The minimum atomic E-state index is -0.248. The van der Waals surface area contributed by atoms with Crippen molar-refractivity contribution in [1.29, 1.82) is 0 Å². The summed E-state index contributed by atoms with van der Waals surface area (Å²) in [4.78, 5) is 6.74. The van der Waals surface area contributed by atoms with Gasteiger partial charge in [0.25, 0.3) is 0 Å². The first kappa shape index (κ1) is 22.4. The smallest absolute Gasteiger partial charge is 0.191 e. The first-order valence-electron chi connectivity index (χ1n) is 10.2. The fourth-order valence-electron chi connectivity index (χ4n) is 3.17. The molecule has 6 nitrogen and oxygen atoms in total. The molecule has 1 aliphatic rings. The van der Waals surface area contributed by atoms with Crippen LogP contribution in [0.5, 0.6) is 5.75 Å². The molecule has 1 unspecified atom stereocenters. The monoisotopic (exact) mass is 394 g/mol. The molecule has 2 N–H and O–H groups in total. The molecule has 1 fully saturated rings. The molecule has 0 aliphatic carbocycles. The maximum atomic E-state index is 12.8. The third-order valence-electron chi connectivity index (χ3n) is 4.51. The highest BCUT2D eigenvalue weighted by Crippen LogP contribution is 2.11. The van der Waals surface area contributed by atoms with E-state index in [1.807, 2.05) is 0 Å². The van der Waals surface area contributed by atoms with Crippen molar-refractivity contribution in [1.82, 2.24) is 15.5 Å². The molecule has 1 heterocycles. The van der Waals surface area contributed by atoms with Crippen molar-refractivity contribution in [2.75, 3.05) is 53.0 Å². The van der Waals surface area contributed by atoms with Crippen LogP contribution in [-0.4, -0.2) is 69.9 Å². The minimum absolute atomic E-state index is 0.190. The molecule has 1 aromatic carbocycles. The van der Waals surface area contributed by atoms with Gasteiger partial charge in [-0.3, -0.25) is 9.89 Å². The van der Waals surface area contributed by atoms with Crippen LogP contribution in [0.2, 0.25) is 0 Å². The van der Waals surface area contributed by atoms with Gasteiger partial charge in [-0.2, -0.15) is 0 Å². The number of rotatable bonds is 10. The van der Waals surface area contributed by atoms with Gasteiger partial charge in [0.05, 0.1) is 19.3 Å². The Hall–Kier alpha value is -1.86. The van der Waals surface area contributed by atoms with Gasteiger partial charge in [-0.05, 0) is 43.0 Å². The lowest BCUT2D eigenvalue weighted by molar-refractivity contribution is -0.0284. The molecule has 0 spiro atoms. The molecule has 7 heteroatoms. The fourth-order valence-corrected chi connectivity index (χ4v) is 3.17. The van der Waals surface area contributed by atoms with Gasteiger partial charge in [-0.25, -0.2) is 4.39 Å². The molecule has 1 saturated heterocycles. The average molecular weight is 395 g/mol. The number of nitrogens with one attached hydrogen (secondary N) is 2. The Morgan fingerprint density at radius 3 is 2.79 bits per heavy atom. The van der Waals surface area contributed by atoms with Crippen LogP contribution in [0, 0.1) is 11.7 Å². The van der Waals surface area contributed by atoms with E-state index in [0.717, 1.165) is 58.1 Å². The molecule has 0 aromatic heterocycles. The fraction of sp³-hybridized carbons (Fsp3) is 0.667. The topological polar surface area (TPSA) is 58.1 Å². The summed E-state index contributed by atoms with van der Waals surface area (Å²) in [5.74, 6) is 1.92. The molecular weight excluding hydrogens is 359 g/mol. The van der Waals surface area contributed by atoms with E-state index in [2.05, 4.69) is 34.4 Å². The number of aliphatic imine (C=N–C) groups is 1. The zero-order valence-electron chi connectivity index (χ0n) is 17.4. The van der Waals surface area contributed by atoms with E-state index in [9.17, 15) is 4.39 Å². The molecule has 0 radical (unpaired) electrons. The number of halogens is 1. The lowest BCUT2D eigenvalue weighted by Gasteiger charge is -2.34. The number of hydrogen-bond donors (Lipinski definition) is 2. The van der Waals surface area contributed by atoms with Gasteiger partial charge in [-0.1, -0.05) is 13.8 Å². The van der Waals surface area contributed by atoms with Crippen LogP contribution in [0.3, 0.4) is 0 Å². The van der Waals surface area contributed by atoms with Gasteiger partial charge in [0.2, 0.25) is 0 Å². The largest absolute Gasteiger partial charge is 0.494 e. The van der Waals surface area contributed by atoms with Gasteiger partial charge >= 0.3 is 0 Å². The van der Waals surface area contributed by atoms with Crippen LogP contribution in [0.1, 0.15) is 26.7 Å². The highest BCUT2D eigenvalue weighted by atomic mass is 19.1. The molecule has 1 atom stereocenters. The van der Waals surface area contributed by atoms with Gasteiger partial charge in [0, 0.05) is 39.8 Å². The zero-order chi connectivity index (χ0) is 20.2. The molecule has 158 valence electrons. The Kier molecular flexibility index (Phi) is 10.1. The van der Waals surface area contributed by atoms with Crippen LogP contribution < -0.4 is 15.4 Å². The summed E-state index contributed by atoms with van der Waals surface area (Å²) in [6.07, 6.45) is 2.07.